The van der Waals surface area contributed by atoms with Gasteiger partial charge in [-0.25, -0.2) is 0 Å². The summed E-state index contributed by atoms with van der Waals surface area (Å²) < 4.78 is 14.0. The molecule has 1 unspecified atom stereocenters. The Hall–Kier alpha value is -9.24. The predicted molar refractivity (Wildman–Crippen MR) is 341 cm³/mol. The minimum atomic E-state index is -0.311. The fraction of sp³-hybridized carbons (Fsp3) is 0.150. The quantitative estimate of drug-likeness (QED) is 0.155. The summed E-state index contributed by atoms with van der Waals surface area (Å²) in [5, 5.41) is 4.79. The molecule has 2 nitrogen and oxygen atoms in total. The van der Waals surface area contributed by atoms with Gasteiger partial charge in [-0.15, -0.1) is 0 Å². The Kier molecular flexibility index (Phi) is 9.68. The van der Waals surface area contributed by atoms with Crippen LogP contribution in [0.4, 0.5) is 0 Å². The zero-order valence-corrected chi connectivity index (χ0v) is 47.4. The molecule has 0 spiro atoms. The lowest BCUT2D eigenvalue weighted by atomic mass is 9.72. The summed E-state index contributed by atoms with van der Waals surface area (Å²) in [6.07, 6.45) is 3.25. The van der Waals surface area contributed by atoms with Crippen LogP contribution in [0.25, 0.3) is 111 Å². The predicted octanol–water partition coefficient (Wildman–Crippen LogP) is 21.3. The average molecular weight is 1050 g/mol. The average Bonchev–Trinajstić information content (AvgIpc) is 1.75. The van der Waals surface area contributed by atoms with Crippen molar-refractivity contribution in [3.8, 4) is 55.6 Å². The van der Waals surface area contributed by atoms with Crippen LogP contribution < -0.4 is 0 Å². The summed E-state index contributed by atoms with van der Waals surface area (Å²) >= 11 is 0. The normalized spacial score (nSPS) is 16.3. The number of rotatable bonds is 6. The summed E-state index contributed by atoms with van der Waals surface area (Å²) in [7, 11) is 0. The zero-order valence-electron chi connectivity index (χ0n) is 47.4. The van der Waals surface area contributed by atoms with E-state index in [1.54, 1.807) is 0 Å². The molecule has 0 fully saturated rings. The van der Waals surface area contributed by atoms with Crippen LogP contribution in [-0.2, 0) is 22.7 Å². The van der Waals surface area contributed by atoms with Gasteiger partial charge in [-0.3, -0.25) is 0 Å². The molecule has 2 heteroatoms. The number of hydrogen-bond acceptors (Lipinski definition) is 2. The van der Waals surface area contributed by atoms with Crippen molar-refractivity contribution in [2.45, 2.75) is 77.0 Å². The molecule has 392 valence electrons. The second-order valence-electron chi connectivity index (χ2n) is 25.5. The van der Waals surface area contributed by atoms with E-state index in [0.29, 0.717) is 0 Å². The summed E-state index contributed by atoms with van der Waals surface area (Å²) in [5.41, 5.74) is 34.3. The third-order valence-electron chi connectivity index (χ3n) is 19.9. The second kappa shape index (κ2) is 16.7. The van der Waals surface area contributed by atoms with E-state index in [1.807, 2.05) is 0 Å². The molecule has 13 aromatic rings. The van der Waals surface area contributed by atoms with E-state index in [4.69, 9.17) is 8.83 Å². The van der Waals surface area contributed by atoms with Gasteiger partial charge in [-0.2, -0.15) is 0 Å². The highest BCUT2D eigenvalue weighted by molar-refractivity contribution is 6.21. The Balaban J connectivity index is 0.850. The van der Waals surface area contributed by atoms with E-state index in [-0.39, 0.29) is 22.2 Å². The van der Waals surface area contributed by atoms with Gasteiger partial charge in [0.2, 0.25) is 0 Å². The Morgan fingerprint density at radius 3 is 1.77 bits per heavy atom. The fourth-order valence-electron chi connectivity index (χ4n) is 16.0. The van der Waals surface area contributed by atoms with Crippen molar-refractivity contribution < 1.29 is 8.83 Å². The highest BCUT2D eigenvalue weighted by atomic mass is 16.3. The van der Waals surface area contributed by atoms with Crippen LogP contribution in [0.2, 0.25) is 0 Å². The van der Waals surface area contributed by atoms with Crippen LogP contribution in [-0.4, -0.2) is 0 Å². The van der Waals surface area contributed by atoms with Crippen molar-refractivity contribution in [2.24, 2.45) is 0 Å². The lowest BCUT2D eigenvalue weighted by Gasteiger charge is -2.31. The molecule has 0 N–H and O–H groups in total. The minimum Gasteiger partial charge on any atom is -0.455 e. The highest BCUT2D eigenvalue weighted by Crippen LogP contribution is 2.64. The van der Waals surface area contributed by atoms with Crippen LogP contribution in [0.1, 0.15) is 120 Å². The number of fused-ring (bicyclic) bond motifs is 22. The lowest BCUT2D eigenvalue weighted by Crippen LogP contribution is -2.24. The van der Waals surface area contributed by atoms with Crippen molar-refractivity contribution in [1.82, 2.24) is 0 Å². The molecule has 82 heavy (non-hydrogen) atoms. The maximum atomic E-state index is 7.09. The monoisotopic (exact) mass is 1050 g/mol. The van der Waals surface area contributed by atoms with E-state index in [2.05, 4.69) is 267 Å². The van der Waals surface area contributed by atoms with Crippen LogP contribution in [0, 0.1) is 6.92 Å². The first-order chi connectivity index (χ1) is 39.9. The summed E-state index contributed by atoms with van der Waals surface area (Å²) in [6.45, 7) is 16.8. The van der Waals surface area contributed by atoms with Gasteiger partial charge in [0.15, 0.2) is 0 Å². The summed E-state index contributed by atoms with van der Waals surface area (Å²) in [4.78, 5) is 0. The fourth-order valence-corrected chi connectivity index (χ4v) is 16.0. The molecular weight excluding hydrogens is 993 g/mol. The number of furan rings is 2. The molecule has 11 aromatic carbocycles. The van der Waals surface area contributed by atoms with E-state index >= 15 is 0 Å². The number of hydrogen-bond donors (Lipinski definition) is 0. The summed E-state index contributed by atoms with van der Waals surface area (Å²) in [5.74, 6) is 0.139. The van der Waals surface area contributed by atoms with Gasteiger partial charge in [-0.05, 0) is 160 Å². The molecule has 17 rings (SSSR count). The number of aryl methyl sites for hydroxylation is 1. The van der Waals surface area contributed by atoms with Gasteiger partial charge in [0.25, 0.3) is 0 Å². The van der Waals surface area contributed by atoms with Crippen molar-refractivity contribution in [1.29, 1.82) is 0 Å². The molecule has 0 bridgehead atoms. The number of para-hydroxylation sites is 2. The van der Waals surface area contributed by atoms with E-state index in [9.17, 15) is 0 Å². The first-order valence-electron chi connectivity index (χ1n) is 29.3. The molecule has 0 radical (unpaired) electrons. The molecular formula is C80H60O2. The smallest absolute Gasteiger partial charge is 0.144 e. The third-order valence-corrected chi connectivity index (χ3v) is 19.9. The molecule has 0 aliphatic heterocycles. The standard InChI is InChI=1S/C80H60O2/c1-45-21-11-12-24-51(45)61-44-65-69(71-58-28-16-19-31-66(58)81-76(61)71)56-36-33-46(41-63(56)78(65,2)3)39-50(49-35-38-53-52-25-13-14-26-54(52)68(60(53)43-49)48-22-9-8-10-23-48)40-47-34-37-57-64(42-47)80(6,7)75-73(57)77-72(59-29-17-20-32-67(59)82-77)70-55-27-15-18-30-62(55)79(4,5)74(70)75/h8-39,41-44,68H,40H2,1-7H3/b50-39-. The van der Waals surface area contributed by atoms with Crippen molar-refractivity contribution in [2.75, 3.05) is 0 Å². The molecule has 0 saturated carbocycles. The maximum absolute atomic E-state index is 7.09. The molecule has 2 heterocycles. The van der Waals surface area contributed by atoms with Gasteiger partial charge < -0.3 is 8.83 Å². The number of allylic oxidation sites excluding steroid dienone is 1. The van der Waals surface area contributed by atoms with Crippen LogP contribution in [0.5, 0.6) is 0 Å². The van der Waals surface area contributed by atoms with Gasteiger partial charge >= 0.3 is 0 Å². The topological polar surface area (TPSA) is 26.3 Å². The highest BCUT2D eigenvalue weighted by Gasteiger charge is 2.49. The number of benzene rings is 11. The van der Waals surface area contributed by atoms with Gasteiger partial charge in [-0.1, -0.05) is 236 Å². The van der Waals surface area contributed by atoms with E-state index in [1.165, 1.54) is 144 Å². The summed E-state index contributed by atoms with van der Waals surface area (Å²) in [6, 6.07) is 79.6. The van der Waals surface area contributed by atoms with Gasteiger partial charge in [0, 0.05) is 54.8 Å². The van der Waals surface area contributed by atoms with Crippen LogP contribution in [0.3, 0.4) is 0 Å². The Morgan fingerprint density at radius 2 is 0.988 bits per heavy atom. The SMILES string of the molecule is Cc1ccccc1-c1cc2c(c3c1oc1ccccc13)-c1ccc(/C=C(/Cc3ccc4c(c3)C(C)(C)c3c5c(c6c(oc7ccccc76)c3-4)-c3ccccc3C5(C)C)c3ccc4c(c3)C(c3ccccc3)c3ccccc3-4)cc1C2(C)C. The minimum absolute atomic E-state index is 0.139. The van der Waals surface area contributed by atoms with Crippen molar-refractivity contribution >= 4 is 55.5 Å². The maximum Gasteiger partial charge on any atom is 0.144 e. The first kappa shape index (κ1) is 47.6. The van der Waals surface area contributed by atoms with Crippen molar-refractivity contribution in [3.05, 3.63) is 285 Å². The third kappa shape index (κ3) is 6.36. The van der Waals surface area contributed by atoms with E-state index in [0.717, 1.165) is 39.7 Å². The molecule has 0 saturated heterocycles. The van der Waals surface area contributed by atoms with Gasteiger partial charge in [0.1, 0.15) is 22.3 Å². The Bertz CT molecular complexity index is 4990. The molecule has 1 atom stereocenters. The largest absolute Gasteiger partial charge is 0.455 e. The van der Waals surface area contributed by atoms with Crippen LogP contribution in [0.15, 0.2) is 221 Å². The molecule has 0 amide bonds. The second-order valence-corrected chi connectivity index (χ2v) is 25.5. The molecule has 4 aliphatic carbocycles. The molecule has 2 aromatic heterocycles. The Morgan fingerprint density at radius 1 is 0.415 bits per heavy atom. The molecule has 4 aliphatic rings. The Labute approximate surface area is 479 Å². The lowest BCUT2D eigenvalue weighted by molar-refractivity contribution is 0.599. The first-order valence-corrected chi connectivity index (χ1v) is 29.3. The van der Waals surface area contributed by atoms with Crippen molar-refractivity contribution in [3.63, 3.8) is 0 Å². The zero-order chi connectivity index (χ0) is 55.1. The van der Waals surface area contributed by atoms with Crippen LogP contribution >= 0.6 is 0 Å². The van der Waals surface area contributed by atoms with E-state index < -0.39 is 0 Å². The van der Waals surface area contributed by atoms with Gasteiger partial charge in [0.05, 0.1) is 0 Å².